The molecule has 1 atom stereocenters. The first kappa shape index (κ1) is 20.9. The van der Waals surface area contributed by atoms with Gasteiger partial charge >= 0.3 is 11.8 Å². The number of nitrogens with zero attached hydrogens (tertiary/aromatic N) is 1. The molecule has 29 heavy (non-hydrogen) atoms. The van der Waals surface area contributed by atoms with E-state index in [4.69, 9.17) is 0 Å². The zero-order chi connectivity index (χ0) is 20.6. The number of nitrogens with one attached hydrogen (secondary N) is 3. The van der Waals surface area contributed by atoms with Crippen molar-refractivity contribution < 1.29 is 14.5 Å². The molecule has 2 amide bonds. The van der Waals surface area contributed by atoms with Gasteiger partial charge in [0.2, 0.25) is 0 Å². The summed E-state index contributed by atoms with van der Waals surface area (Å²) in [6.45, 7) is 2.99. The van der Waals surface area contributed by atoms with Crippen molar-refractivity contribution in [2.24, 2.45) is 0 Å². The summed E-state index contributed by atoms with van der Waals surface area (Å²) in [4.78, 5) is 28.0. The highest BCUT2D eigenvalue weighted by Crippen LogP contribution is 2.17. The lowest BCUT2D eigenvalue weighted by molar-refractivity contribution is -0.918. The number of carbonyl (C=O) groups excluding carboxylic acids is 2. The van der Waals surface area contributed by atoms with E-state index >= 15 is 0 Å². The molecule has 0 aliphatic carbocycles. The summed E-state index contributed by atoms with van der Waals surface area (Å²) in [6, 6.07) is 18.2. The van der Waals surface area contributed by atoms with Gasteiger partial charge in [-0.05, 0) is 17.7 Å². The molecule has 6 heteroatoms. The van der Waals surface area contributed by atoms with Gasteiger partial charge in [-0.1, -0.05) is 42.5 Å². The molecule has 1 aliphatic heterocycles. The fourth-order valence-corrected chi connectivity index (χ4v) is 3.81. The van der Waals surface area contributed by atoms with Gasteiger partial charge in [-0.3, -0.25) is 9.59 Å². The minimum Gasteiger partial charge on any atom is -0.378 e. The number of quaternary nitrogens is 1. The molecule has 154 valence electrons. The quantitative estimate of drug-likeness (QED) is 0.611. The molecule has 1 saturated heterocycles. The molecule has 2 aromatic rings. The summed E-state index contributed by atoms with van der Waals surface area (Å²) >= 11 is 0. The second-order valence-corrected chi connectivity index (χ2v) is 7.78. The van der Waals surface area contributed by atoms with Crippen LogP contribution in [0.4, 0.5) is 5.69 Å². The average Bonchev–Trinajstić information content (AvgIpc) is 3.27. The maximum atomic E-state index is 12.3. The van der Waals surface area contributed by atoms with Crippen molar-refractivity contribution in [1.29, 1.82) is 0 Å². The summed E-state index contributed by atoms with van der Waals surface area (Å²) in [5, 5.41) is 5.54. The Labute approximate surface area is 172 Å². The van der Waals surface area contributed by atoms with Crippen molar-refractivity contribution >= 4 is 17.5 Å². The molecule has 0 bridgehead atoms. The van der Waals surface area contributed by atoms with E-state index in [0.29, 0.717) is 13.1 Å². The van der Waals surface area contributed by atoms with Gasteiger partial charge < -0.3 is 20.4 Å². The van der Waals surface area contributed by atoms with Crippen molar-refractivity contribution in [2.75, 3.05) is 38.6 Å². The minimum absolute atomic E-state index is 0.152. The topological polar surface area (TPSA) is 65.9 Å². The molecule has 6 nitrogen and oxygen atoms in total. The Bertz CT molecular complexity index is 799. The fourth-order valence-electron chi connectivity index (χ4n) is 3.81. The van der Waals surface area contributed by atoms with Crippen molar-refractivity contribution in [3.05, 3.63) is 65.7 Å². The molecule has 0 saturated carbocycles. The number of rotatable bonds is 7. The van der Waals surface area contributed by atoms with Crippen LogP contribution in [0, 0.1) is 0 Å². The van der Waals surface area contributed by atoms with Gasteiger partial charge in [-0.2, -0.15) is 0 Å². The molecule has 1 heterocycles. The Hall–Kier alpha value is -2.86. The summed E-state index contributed by atoms with van der Waals surface area (Å²) in [6.07, 6.45) is 2.40. The third-order valence-corrected chi connectivity index (χ3v) is 5.52. The Balaban J connectivity index is 1.59. The monoisotopic (exact) mass is 395 g/mol. The number of amides is 2. The zero-order valence-electron chi connectivity index (χ0n) is 17.3. The van der Waals surface area contributed by atoms with Crippen LogP contribution in [-0.4, -0.2) is 45.5 Å². The first-order valence-electron chi connectivity index (χ1n) is 10.3. The second kappa shape index (κ2) is 10.1. The first-order chi connectivity index (χ1) is 14.0. The molecule has 0 unspecified atom stereocenters. The van der Waals surface area contributed by atoms with E-state index in [1.165, 1.54) is 23.3 Å². The highest BCUT2D eigenvalue weighted by molar-refractivity contribution is 6.35. The zero-order valence-corrected chi connectivity index (χ0v) is 17.3. The highest BCUT2D eigenvalue weighted by atomic mass is 16.2. The van der Waals surface area contributed by atoms with Crippen LogP contribution in [0.25, 0.3) is 0 Å². The minimum atomic E-state index is -0.591. The molecule has 0 aromatic heterocycles. The second-order valence-electron chi connectivity index (χ2n) is 7.78. The van der Waals surface area contributed by atoms with Crippen molar-refractivity contribution in [1.82, 2.24) is 10.6 Å². The molecule has 3 rings (SSSR count). The lowest BCUT2D eigenvalue weighted by Gasteiger charge is -2.25. The number of carbonyl (C=O) groups is 2. The van der Waals surface area contributed by atoms with Crippen molar-refractivity contribution in [3.63, 3.8) is 0 Å². The van der Waals surface area contributed by atoms with E-state index in [0.717, 1.165) is 24.3 Å². The van der Waals surface area contributed by atoms with Crippen LogP contribution in [0.2, 0.25) is 0 Å². The first-order valence-corrected chi connectivity index (χ1v) is 10.3. The fraction of sp³-hybridized carbons (Fsp3) is 0.391. The van der Waals surface area contributed by atoms with Crippen LogP contribution in [0.15, 0.2) is 54.6 Å². The number of hydrogen-bond acceptors (Lipinski definition) is 3. The molecule has 0 radical (unpaired) electrons. The summed E-state index contributed by atoms with van der Waals surface area (Å²) in [7, 11) is 4.04. The third-order valence-electron chi connectivity index (χ3n) is 5.52. The number of anilines is 1. The lowest BCUT2D eigenvalue weighted by Crippen LogP contribution is -3.11. The van der Waals surface area contributed by atoms with E-state index in [-0.39, 0.29) is 6.04 Å². The van der Waals surface area contributed by atoms with Crippen LogP contribution >= 0.6 is 0 Å². The SMILES string of the molecule is CN(C)c1ccc([C@H](CNC(=O)C(=O)NCc2ccccc2)[NH+]2CCCC2)cc1. The van der Waals surface area contributed by atoms with E-state index < -0.39 is 11.8 Å². The van der Waals surface area contributed by atoms with E-state index in [2.05, 4.69) is 39.8 Å². The standard InChI is InChI=1S/C23H30N4O2/c1-26(2)20-12-10-19(11-13-20)21(27-14-6-7-15-27)17-25-23(29)22(28)24-16-18-8-4-3-5-9-18/h3-5,8-13,21H,6-7,14-17H2,1-2H3,(H,24,28)(H,25,29)/p+1/t21-/m0/s1. The maximum absolute atomic E-state index is 12.3. The van der Waals surface area contributed by atoms with Gasteiger partial charge in [-0.15, -0.1) is 0 Å². The Morgan fingerprint density at radius 3 is 2.17 bits per heavy atom. The summed E-state index contributed by atoms with van der Waals surface area (Å²) in [5.41, 5.74) is 3.31. The Morgan fingerprint density at radius 2 is 1.55 bits per heavy atom. The number of hydrogen-bond donors (Lipinski definition) is 3. The summed E-state index contributed by atoms with van der Waals surface area (Å²) < 4.78 is 0. The van der Waals surface area contributed by atoms with Crippen LogP contribution in [0.5, 0.6) is 0 Å². The molecular weight excluding hydrogens is 364 g/mol. The van der Waals surface area contributed by atoms with Crippen LogP contribution < -0.4 is 20.4 Å². The molecule has 1 fully saturated rings. The average molecular weight is 396 g/mol. The Morgan fingerprint density at radius 1 is 0.931 bits per heavy atom. The normalized spacial score (nSPS) is 15.0. The van der Waals surface area contributed by atoms with Crippen LogP contribution in [0.3, 0.4) is 0 Å². The number of likely N-dealkylation sites (tertiary alicyclic amines) is 1. The molecule has 0 spiro atoms. The van der Waals surface area contributed by atoms with Gasteiger partial charge in [0.15, 0.2) is 0 Å². The maximum Gasteiger partial charge on any atom is 0.309 e. The van der Waals surface area contributed by atoms with Gasteiger partial charge in [0.25, 0.3) is 0 Å². The van der Waals surface area contributed by atoms with E-state index in [1.807, 2.05) is 44.4 Å². The van der Waals surface area contributed by atoms with E-state index in [9.17, 15) is 9.59 Å². The van der Waals surface area contributed by atoms with Gasteiger partial charge in [0.05, 0.1) is 19.6 Å². The van der Waals surface area contributed by atoms with Gasteiger partial charge in [0, 0.05) is 44.7 Å². The number of benzene rings is 2. The van der Waals surface area contributed by atoms with Gasteiger partial charge in [0.1, 0.15) is 6.04 Å². The molecular formula is C23H31N4O2+. The smallest absolute Gasteiger partial charge is 0.309 e. The van der Waals surface area contributed by atoms with Crippen molar-refractivity contribution in [3.8, 4) is 0 Å². The molecule has 3 N–H and O–H groups in total. The lowest BCUT2D eigenvalue weighted by atomic mass is 10.0. The summed E-state index contributed by atoms with van der Waals surface area (Å²) in [5.74, 6) is -1.17. The highest BCUT2D eigenvalue weighted by Gasteiger charge is 2.28. The molecule has 2 aromatic carbocycles. The van der Waals surface area contributed by atoms with Crippen LogP contribution in [0.1, 0.15) is 30.0 Å². The van der Waals surface area contributed by atoms with Gasteiger partial charge in [-0.25, -0.2) is 0 Å². The van der Waals surface area contributed by atoms with Crippen molar-refractivity contribution in [2.45, 2.75) is 25.4 Å². The third kappa shape index (κ3) is 5.81. The predicted octanol–water partition coefficient (Wildman–Crippen LogP) is 0.905. The predicted molar refractivity (Wildman–Crippen MR) is 115 cm³/mol. The van der Waals surface area contributed by atoms with Crippen LogP contribution in [-0.2, 0) is 16.1 Å². The van der Waals surface area contributed by atoms with E-state index in [1.54, 1.807) is 0 Å². The largest absolute Gasteiger partial charge is 0.378 e. The molecule has 1 aliphatic rings. The Kier molecular flexibility index (Phi) is 7.25.